The highest BCUT2D eigenvalue weighted by atomic mass is 16.4. The number of carbonyl (C=O) groups excluding carboxylic acids is 1. The van der Waals surface area contributed by atoms with E-state index in [-0.39, 0.29) is 24.0 Å². The molecular formula is C13H22N2O4. The second-order valence-electron chi connectivity index (χ2n) is 5.62. The van der Waals surface area contributed by atoms with Gasteiger partial charge in [0.2, 0.25) is 0 Å². The highest BCUT2D eigenvalue weighted by Gasteiger charge is 2.31. The minimum absolute atomic E-state index is 0.0677. The maximum absolute atomic E-state index is 11.8. The van der Waals surface area contributed by atoms with Crippen LogP contribution in [0.1, 0.15) is 44.9 Å². The number of nitrogens with one attached hydrogen (secondary N) is 2. The first-order valence-electron chi connectivity index (χ1n) is 7.04. The summed E-state index contributed by atoms with van der Waals surface area (Å²) in [6.45, 7) is 0. The molecule has 108 valence electrons. The van der Waals surface area contributed by atoms with Crippen molar-refractivity contribution in [3.8, 4) is 0 Å². The number of hydrogen-bond acceptors (Lipinski definition) is 3. The van der Waals surface area contributed by atoms with Crippen LogP contribution in [0.2, 0.25) is 0 Å². The van der Waals surface area contributed by atoms with Gasteiger partial charge in [0.15, 0.2) is 0 Å². The Balaban J connectivity index is 1.74. The van der Waals surface area contributed by atoms with Gasteiger partial charge in [0.25, 0.3) is 0 Å². The van der Waals surface area contributed by atoms with Crippen LogP contribution in [0.5, 0.6) is 0 Å². The van der Waals surface area contributed by atoms with Crippen molar-refractivity contribution in [1.29, 1.82) is 0 Å². The Morgan fingerprint density at radius 1 is 1.00 bits per heavy atom. The molecule has 2 saturated carbocycles. The summed E-state index contributed by atoms with van der Waals surface area (Å²) in [5.41, 5.74) is 0. The summed E-state index contributed by atoms with van der Waals surface area (Å²) in [5.74, 6) is -1.13. The van der Waals surface area contributed by atoms with Crippen LogP contribution < -0.4 is 10.6 Å². The van der Waals surface area contributed by atoms with E-state index < -0.39 is 12.1 Å². The number of hydrogen-bond donors (Lipinski definition) is 4. The zero-order chi connectivity index (χ0) is 13.8. The average Bonchev–Trinajstić information content (AvgIpc) is 2.80. The Morgan fingerprint density at radius 3 is 2.37 bits per heavy atom. The van der Waals surface area contributed by atoms with Crippen LogP contribution in [-0.4, -0.2) is 40.4 Å². The topological polar surface area (TPSA) is 98.7 Å². The van der Waals surface area contributed by atoms with Gasteiger partial charge in [-0.15, -0.1) is 0 Å². The summed E-state index contributed by atoms with van der Waals surface area (Å²) >= 11 is 0. The van der Waals surface area contributed by atoms with Crippen molar-refractivity contribution in [1.82, 2.24) is 10.6 Å². The molecular weight excluding hydrogens is 248 g/mol. The van der Waals surface area contributed by atoms with Gasteiger partial charge in [-0.1, -0.05) is 12.8 Å². The lowest BCUT2D eigenvalue weighted by Crippen LogP contribution is -2.50. The third-order valence-electron chi connectivity index (χ3n) is 4.16. The third kappa shape index (κ3) is 3.83. The van der Waals surface area contributed by atoms with Gasteiger partial charge in [0, 0.05) is 6.04 Å². The van der Waals surface area contributed by atoms with Crippen molar-refractivity contribution < 1.29 is 19.8 Å². The number of amides is 2. The Labute approximate surface area is 112 Å². The van der Waals surface area contributed by atoms with E-state index >= 15 is 0 Å². The molecule has 4 unspecified atom stereocenters. The molecule has 2 rings (SSSR count). The Hall–Kier alpha value is -1.30. The normalized spacial score (nSPS) is 34.8. The molecule has 2 fully saturated rings. The van der Waals surface area contributed by atoms with E-state index in [0.717, 1.165) is 25.7 Å². The molecule has 0 bridgehead atoms. The molecule has 0 spiro atoms. The van der Waals surface area contributed by atoms with Crippen molar-refractivity contribution in [2.75, 3.05) is 0 Å². The monoisotopic (exact) mass is 270 g/mol. The van der Waals surface area contributed by atoms with E-state index in [1.165, 1.54) is 0 Å². The predicted octanol–water partition coefficient (Wildman–Crippen LogP) is 0.842. The van der Waals surface area contributed by atoms with Gasteiger partial charge in [-0.25, -0.2) is 4.79 Å². The van der Waals surface area contributed by atoms with Gasteiger partial charge in [0.1, 0.15) is 0 Å². The Morgan fingerprint density at radius 2 is 1.74 bits per heavy atom. The Bertz CT molecular complexity index is 348. The van der Waals surface area contributed by atoms with Crippen molar-refractivity contribution in [2.45, 2.75) is 63.1 Å². The molecule has 0 heterocycles. The second-order valence-corrected chi connectivity index (χ2v) is 5.62. The smallest absolute Gasteiger partial charge is 0.315 e. The van der Waals surface area contributed by atoms with Crippen LogP contribution in [-0.2, 0) is 4.79 Å². The quantitative estimate of drug-likeness (QED) is 0.611. The highest BCUT2D eigenvalue weighted by Crippen LogP contribution is 2.25. The number of carbonyl (C=O) groups is 2. The molecule has 6 heteroatoms. The van der Waals surface area contributed by atoms with Crippen molar-refractivity contribution in [3.05, 3.63) is 0 Å². The zero-order valence-electron chi connectivity index (χ0n) is 11.0. The fraction of sp³-hybridized carbons (Fsp3) is 0.846. The van der Waals surface area contributed by atoms with Crippen molar-refractivity contribution >= 4 is 12.0 Å². The first-order valence-corrected chi connectivity index (χ1v) is 7.04. The second kappa shape index (κ2) is 6.23. The van der Waals surface area contributed by atoms with Crippen LogP contribution in [0.15, 0.2) is 0 Å². The molecule has 4 N–H and O–H groups in total. The lowest BCUT2D eigenvalue weighted by Gasteiger charge is -2.28. The lowest BCUT2D eigenvalue weighted by molar-refractivity contribution is -0.141. The van der Waals surface area contributed by atoms with Crippen LogP contribution in [0, 0.1) is 5.92 Å². The van der Waals surface area contributed by atoms with E-state index in [2.05, 4.69) is 10.6 Å². The largest absolute Gasteiger partial charge is 0.481 e. The standard InChI is InChI=1S/C13H22N2O4/c16-11-4-2-1-3-10(11)15-13(19)14-9-6-5-8(7-9)12(17)18/h8-11,16H,1-7H2,(H,17,18)(H2,14,15,19). The molecule has 2 aliphatic rings. The minimum Gasteiger partial charge on any atom is -0.481 e. The summed E-state index contributed by atoms with van der Waals surface area (Å²) in [6, 6.07) is -0.533. The van der Waals surface area contributed by atoms with E-state index in [1.54, 1.807) is 0 Å². The molecule has 0 saturated heterocycles. The molecule has 6 nitrogen and oxygen atoms in total. The van der Waals surface area contributed by atoms with Crippen LogP contribution >= 0.6 is 0 Å². The minimum atomic E-state index is -0.785. The van der Waals surface area contributed by atoms with E-state index in [1.807, 2.05) is 0 Å². The van der Waals surface area contributed by atoms with Gasteiger partial charge >= 0.3 is 12.0 Å². The summed E-state index contributed by atoms with van der Waals surface area (Å²) in [6.07, 6.45) is 4.91. The van der Waals surface area contributed by atoms with E-state index in [0.29, 0.717) is 19.3 Å². The zero-order valence-corrected chi connectivity index (χ0v) is 11.0. The van der Waals surface area contributed by atoms with E-state index in [4.69, 9.17) is 5.11 Å². The van der Waals surface area contributed by atoms with Crippen LogP contribution in [0.4, 0.5) is 4.79 Å². The fourth-order valence-corrected chi connectivity index (χ4v) is 3.01. The number of aliphatic hydroxyl groups is 1. The molecule has 2 amide bonds. The van der Waals surface area contributed by atoms with E-state index in [9.17, 15) is 14.7 Å². The number of aliphatic carboxylic acids is 1. The molecule has 0 radical (unpaired) electrons. The molecule has 4 atom stereocenters. The number of carboxylic acids is 1. The Kier molecular flexibility index (Phi) is 4.63. The SMILES string of the molecule is O=C(NC1CCC(C(=O)O)C1)NC1CCCCC1O. The first-order chi connectivity index (χ1) is 9.06. The van der Waals surface area contributed by atoms with Crippen LogP contribution in [0.3, 0.4) is 0 Å². The molecule has 0 aromatic carbocycles. The molecule has 0 aromatic heterocycles. The van der Waals surface area contributed by atoms with Gasteiger partial charge in [-0.2, -0.15) is 0 Å². The fourth-order valence-electron chi connectivity index (χ4n) is 3.01. The lowest BCUT2D eigenvalue weighted by atomic mass is 9.93. The maximum atomic E-state index is 11.8. The maximum Gasteiger partial charge on any atom is 0.315 e. The summed E-state index contributed by atoms with van der Waals surface area (Å²) < 4.78 is 0. The van der Waals surface area contributed by atoms with Gasteiger partial charge in [-0.3, -0.25) is 4.79 Å². The molecule has 0 aliphatic heterocycles. The highest BCUT2D eigenvalue weighted by molar-refractivity contribution is 5.75. The van der Waals surface area contributed by atoms with Gasteiger partial charge in [-0.05, 0) is 32.1 Å². The van der Waals surface area contributed by atoms with Crippen LogP contribution in [0.25, 0.3) is 0 Å². The molecule has 19 heavy (non-hydrogen) atoms. The first kappa shape index (κ1) is 14.1. The number of aliphatic hydroxyl groups excluding tert-OH is 1. The predicted molar refractivity (Wildman–Crippen MR) is 68.7 cm³/mol. The third-order valence-corrected chi connectivity index (χ3v) is 4.16. The van der Waals surface area contributed by atoms with Gasteiger partial charge in [0.05, 0.1) is 18.1 Å². The average molecular weight is 270 g/mol. The number of rotatable bonds is 3. The van der Waals surface area contributed by atoms with Crippen molar-refractivity contribution in [3.63, 3.8) is 0 Å². The number of urea groups is 1. The summed E-state index contributed by atoms with van der Waals surface area (Å²) in [7, 11) is 0. The van der Waals surface area contributed by atoms with Crippen molar-refractivity contribution in [2.24, 2.45) is 5.92 Å². The summed E-state index contributed by atoms with van der Waals surface area (Å²) in [5, 5.41) is 24.3. The summed E-state index contributed by atoms with van der Waals surface area (Å²) in [4.78, 5) is 22.6. The number of carboxylic acid groups (broad SMARTS) is 1. The molecule has 2 aliphatic carbocycles. The molecule has 0 aromatic rings. The van der Waals surface area contributed by atoms with Gasteiger partial charge < -0.3 is 20.8 Å².